The Bertz CT molecular complexity index is 1210. The van der Waals surface area contributed by atoms with E-state index in [1.54, 1.807) is 30.5 Å². The molecule has 2 aromatic carbocycles. The summed E-state index contributed by atoms with van der Waals surface area (Å²) in [6.07, 6.45) is 1.56. The molecule has 0 amide bonds. The van der Waals surface area contributed by atoms with Crippen LogP contribution in [-0.2, 0) is 0 Å². The number of benzene rings is 2. The van der Waals surface area contributed by atoms with Gasteiger partial charge in [0.2, 0.25) is 0 Å². The highest BCUT2D eigenvalue weighted by Crippen LogP contribution is 2.18. The molecule has 172 valence electrons. The summed E-state index contributed by atoms with van der Waals surface area (Å²) in [7, 11) is 0. The first-order valence-corrected chi connectivity index (χ1v) is 11.4. The number of para-hydroxylation sites is 2. The molecule has 0 N–H and O–H groups in total. The monoisotopic (exact) mass is 436 g/mol. The van der Waals surface area contributed by atoms with Crippen LogP contribution in [0.25, 0.3) is 21.9 Å². The van der Waals surface area contributed by atoms with E-state index >= 15 is 0 Å². The molecule has 0 aliphatic heterocycles. The second-order valence-corrected chi connectivity index (χ2v) is 7.33. The lowest BCUT2D eigenvalue weighted by molar-refractivity contribution is 0.509. The Morgan fingerprint density at radius 2 is 1.22 bits per heavy atom. The van der Waals surface area contributed by atoms with Crippen molar-refractivity contribution in [2.24, 2.45) is 0 Å². The van der Waals surface area contributed by atoms with Gasteiger partial charge >= 0.3 is 0 Å². The van der Waals surface area contributed by atoms with Gasteiger partial charge in [-0.05, 0) is 30.2 Å². The maximum Gasteiger partial charge on any atom is 0.196 e. The molecular formula is C28H36O4. The number of fused-ring (bicyclic) bond motifs is 2. The molecule has 0 aliphatic rings. The highest BCUT2D eigenvalue weighted by molar-refractivity contribution is 5.77. The predicted octanol–water partition coefficient (Wildman–Crippen LogP) is 7.89. The zero-order chi connectivity index (χ0) is 24.3. The van der Waals surface area contributed by atoms with Gasteiger partial charge < -0.3 is 8.83 Å². The molecular weight excluding hydrogens is 400 g/mol. The van der Waals surface area contributed by atoms with Gasteiger partial charge in [0.25, 0.3) is 0 Å². The Labute approximate surface area is 190 Å². The molecule has 0 atom stereocenters. The van der Waals surface area contributed by atoms with Gasteiger partial charge in [-0.25, -0.2) is 0 Å². The fourth-order valence-electron chi connectivity index (χ4n) is 2.90. The predicted molar refractivity (Wildman–Crippen MR) is 136 cm³/mol. The van der Waals surface area contributed by atoms with Gasteiger partial charge in [-0.2, -0.15) is 0 Å². The zero-order valence-electron chi connectivity index (χ0n) is 20.6. The first-order valence-electron chi connectivity index (χ1n) is 11.4. The average Bonchev–Trinajstić information content (AvgIpc) is 2.82. The number of rotatable bonds is 2. The molecule has 0 radical (unpaired) electrons. The van der Waals surface area contributed by atoms with Gasteiger partial charge in [0.15, 0.2) is 10.9 Å². The molecule has 32 heavy (non-hydrogen) atoms. The van der Waals surface area contributed by atoms with Crippen LogP contribution in [0.5, 0.6) is 0 Å². The Hall–Kier alpha value is -3.14. The van der Waals surface area contributed by atoms with Crippen LogP contribution in [-0.4, -0.2) is 0 Å². The summed E-state index contributed by atoms with van der Waals surface area (Å²) in [6, 6.07) is 16.2. The molecule has 0 bridgehead atoms. The fraction of sp³-hybridized carbons (Fsp3) is 0.357. The topological polar surface area (TPSA) is 60.4 Å². The summed E-state index contributed by atoms with van der Waals surface area (Å²) in [5.41, 5.74) is 2.19. The van der Waals surface area contributed by atoms with E-state index in [4.69, 9.17) is 8.83 Å². The van der Waals surface area contributed by atoms with Gasteiger partial charge in [0.1, 0.15) is 16.9 Å². The van der Waals surface area contributed by atoms with E-state index in [1.807, 2.05) is 85.7 Å². The highest BCUT2D eigenvalue weighted by atomic mass is 16.3. The Balaban J connectivity index is 0.000000277. The van der Waals surface area contributed by atoms with Crippen molar-refractivity contribution >= 4 is 21.9 Å². The normalized spacial score (nSPS) is 10.1. The van der Waals surface area contributed by atoms with Gasteiger partial charge in [0, 0.05) is 17.5 Å². The lowest BCUT2D eigenvalue weighted by atomic mass is 10.0. The zero-order valence-corrected chi connectivity index (χ0v) is 20.6. The summed E-state index contributed by atoms with van der Waals surface area (Å²) in [6.45, 7) is 16.0. The van der Waals surface area contributed by atoms with Gasteiger partial charge in [0.05, 0.1) is 17.0 Å². The first-order chi connectivity index (χ1) is 15.4. The molecule has 4 rings (SSSR count). The maximum atomic E-state index is 11.9. The smallest absolute Gasteiger partial charge is 0.196 e. The van der Waals surface area contributed by atoms with E-state index in [0.717, 1.165) is 11.3 Å². The second kappa shape index (κ2) is 13.3. The molecule has 0 aliphatic carbocycles. The van der Waals surface area contributed by atoms with Crippen molar-refractivity contribution in [2.75, 3.05) is 0 Å². The molecule has 0 fully saturated rings. The van der Waals surface area contributed by atoms with E-state index in [1.165, 1.54) is 0 Å². The minimum atomic E-state index is 0.0375. The standard InChI is InChI=1S/2C12H12O2.2C2H6/c1-8(2)12-7-10(13)9-5-3-4-6-11(9)14-12;1-8(2)10-7-14-11-6-4-3-5-9(11)12(10)13;2*1-2/h2*3-8H,1-2H3;2*1-2H3. The van der Waals surface area contributed by atoms with Crippen molar-refractivity contribution in [3.63, 3.8) is 0 Å². The Kier molecular flexibility index (Phi) is 11.2. The molecule has 0 saturated carbocycles. The minimum Gasteiger partial charge on any atom is -0.464 e. The molecule has 0 unspecified atom stereocenters. The van der Waals surface area contributed by atoms with E-state index in [9.17, 15) is 9.59 Å². The van der Waals surface area contributed by atoms with Crippen LogP contribution in [0.2, 0.25) is 0 Å². The molecule has 0 saturated heterocycles. The third-order valence-electron chi connectivity index (χ3n) is 4.55. The summed E-state index contributed by atoms with van der Waals surface area (Å²) < 4.78 is 11.0. The maximum absolute atomic E-state index is 11.9. The molecule has 2 heterocycles. The van der Waals surface area contributed by atoms with Crippen LogP contribution in [0.1, 0.15) is 78.5 Å². The van der Waals surface area contributed by atoms with Gasteiger partial charge in [-0.15, -0.1) is 0 Å². The molecule has 4 heteroatoms. The van der Waals surface area contributed by atoms with Crippen LogP contribution < -0.4 is 10.9 Å². The Morgan fingerprint density at radius 3 is 1.78 bits per heavy atom. The van der Waals surface area contributed by atoms with Gasteiger partial charge in [-0.3, -0.25) is 9.59 Å². The van der Waals surface area contributed by atoms with Crippen LogP contribution in [0, 0.1) is 0 Å². The number of hydrogen-bond donors (Lipinski definition) is 0. The van der Waals surface area contributed by atoms with Crippen molar-refractivity contribution in [3.8, 4) is 0 Å². The van der Waals surface area contributed by atoms with Crippen LogP contribution in [0.15, 0.2) is 79.3 Å². The van der Waals surface area contributed by atoms with E-state index < -0.39 is 0 Å². The first kappa shape index (κ1) is 26.9. The van der Waals surface area contributed by atoms with E-state index in [0.29, 0.717) is 21.9 Å². The molecule has 4 aromatic rings. The van der Waals surface area contributed by atoms with Crippen molar-refractivity contribution in [1.82, 2.24) is 0 Å². The molecule has 0 spiro atoms. The summed E-state index contributed by atoms with van der Waals surface area (Å²) in [5, 5.41) is 1.32. The van der Waals surface area contributed by atoms with E-state index in [2.05, 4.69) is 0 Å². The summed E-state index contributed by atoms with van der Waals surface area (Å²) in [4.78, 5) is 23.6. The van der Waals surface area contributed by atoms with Crippen molar-refractivity contribution in [3.05, 3.63) is 92.6 Å². The molecule has 2 aromatic heterocycles. The summed E-state index contributed by atoms with van der Waals surface area (Å²) >= 11 is 0. The summed E-state index contributed by atoms with van der Waals surface area (Å²) in [5.74, 6) is 1.19. The number of hydrogen-bond acceptors (Lipinski definition) is 4. The average molecular weight is 437 g/mol. The quantitative estimate of drug-likeness (QED) is 0.320. The van der Waals surface area contributed by atoms with Crippen LogP contribution in [0.3, 0.4) is 0 Å². The third-order valence-corrected chi connectivity index (χ3v) is 4.55. The SMILES string of the molecule is CC.CC.CC(C)c1cc(=O)c2ccccc2o1.CC(C)c1coc2ccccc2c1=O. The highest BCUT2D eigenvalue weighted by Gasteiger charge is 2.09. The van der Waals surface area contributed by atoms with Crippen molar-refractivity contribution in [1.29, 1.82) is 0 Å². The van der Waals surface area contributed by atoms with Gasteiger partial charge in [-0.1, -0.05) is 79.7 Å². The largest absolute Gasteiger partial charge is 0.464 e. The lowest BCUT2D eigenvalue weighted by Gasteiger charge is -2.04. The van der Waals surface area contributed by atoms with Crippen molar-refractivity contribution < 1.29 is 8.83 Å². The van der Waals surface area contributed by atoms with Crippen LogP contribution in [0.4, 0.5) is 0 Å². The third kappa shape index (κ3) is 6.68. The lowest BCUT2D eigenvalue weighted by Crippen LogP contribution is -2.09. The fourth-order valence-corrected chi connectivity index (χ4v) is 2.90. The Morgan fingerprint density at radius 1 is 0.688 bits per heavy atom. The van der Waals surface area contributed by atoms with Crippen molar-refractivity contribution in [2.45, 2.75) is 67.2 Å². The molecule has 4 nitrogen and oxygen atoms in total. The minimum absolute atomic E-state index is 0.0375. The van der Waals surface area contributed by atoms with E-state index in [-0.39, 0.29) is 22.7 Å². The second-order valence-electron chi connectivity index (χ2n) is 7.33. The van der Waals surface area contributed by atoms with Crippen LogP contribution >= 0.6 is 0 Å².